The van der Waals surface area contributed by atoms with E-state index in [9.17, 15) is 0 Å². The van der Waals surface area contributed by atoms with Crippen LogP contribution in [0.25, 0.3) is 0 Å². The van der Waals surface area contributed by atoms with E-state index in [0.29, 0.717) is 5.92 Å². The van der Waals surface area contributed by atoms with E-state index < -0.39 is 0 Å². The molecule has 1 unspecified atom stereocenters. The molecule has 0 aromatic carbocycles. The van der Waals surface area contributed by atoms with Gasteiger partial charge in [-0.15, -0.1) is 0 Å². The molecule has 1 aliphatic carbocycles. The van der Waals surface area contributed by atoms with Crippen molar-refractivity contribution in [1.29, 1.82) is 0 Å². The molecule has 0 aromatic rings. The standard InChI is InChI=1S/C9H15N/c1-3-8-6-4-5-7(2)9(8)10/h3,6-7,9H,1,4-5,10H2,2H3/t7?,9-/m0/s1. The average molecular weight is 137 g/mol. The van der Waals surface area contributed by atoms with E-state index in [0.717, 1.165) is 6.42 Å². The molecule has 56 valence electrons. The summed E-state index contributed by atoms with van der Waals surface area (Å²) >= 11 is 0. The lowest BCUT2D eigenvalue weighted by molar-refractivity contribution is 0.454. The number of hydrogen-bond acceptors (Lipinski definition) is 1. The van der Waals surface area contributed by atoms with Crippen LogP contribution in [0.3, 0.4) is 0 Å². The lowest BCUT2D eigenvalue weighted by Gasteiger charge is -2.24. The molecule has 10 heavy (non-hydrogen) atoms. The molecule has 1 nitrogen and oxygen atoms in total. The Labute approximate surface area is 62.6 Å². The Morgan fingerprint density at radius 3 is 3.00 bits per heavy atom. The summed E-state index contributed by atoms with van der Waals surface area (Å²) in [6.07, 6.45) is 6.45. The zero-order valence-electron chi connectivity index (χ0n) is 6.51. The lowest BCUT2D eigenvalue weighted by Crippen LogP contribution is -2.31. The van der Waals surface area contributed by atoms with E-state index in [2.05, 4.69) is 19.6 Å². The van der Waals surface area contributed by atoms with E-state index in [1.54, 1.807) is 0 Å². The quantitative estimate of drug-likeness (QED) is 0.586. The smallest absolute Gasteiger partial charge is 0.0317 e. The maximum absolute atomic E-state index is 5.89. The first kappa shape index (κ1) is 7.55. The molecule has 1 heteroatoms. The molecule has 2 atom stereocenters. The van der Waals surface area contributed by atoms with Gasteiger partial charge in [-0.1, -0.05) is 25.7 Å². The summed E-state index contributed by atoms with van der Waals surface area (Å²) in [5.41, 5.74) is 7.11. The van der Waals surface area contributed by atoms with Crippen molar-refractivity contribution in [2.24, 2.45) is 11.7 Å². The van der Waals surface area contributed by atoms with Gasteiger partial charge >= 0.3 is 0 Å². The summed E-state index contributed by atoms with van der Waals surface area (Å²) in [6, 6.07) is 0.228. The van der Waals surface area contributed by atoms with Crippen LogP contribution in [0, 0.1) is 5.92 Å². The van der Waals surface area contributed by atoms with Crippen molar-refractivity contribution in [1.82, 2.24) is 0 Å². The highest BCUT2D eigenvalue weighted by Gasteiger charge is 2.17. The molecule has 0 aromatic heterocycles. The predicted octanol–water partition coefficient (Wildman–Crippen LogP) is 1.86. The number of allylic oxidation sites excluding steroid dienone is 1. The van der Waals surface area contributed by atoms with Gasteiger partial charge in [0.1, 0.15) is 0 Å². The average Bonchev–Trinajstić information content (AvgIpc) is 1.95. The fourth-order valence-corrected chi connectivity index (χ4v) is 1.38. The zero-order chi connectivity index (χ0) is 7.56. The Morgan fingerprint density at radius 1 is 1.80 bits per heavy atom. The van der Waals surface area contributed by atoms with Gasteiger partial charge in [-0.25, -0.2) is 0 Å². The van der Waals surface area contributed by atoms with Gasteiger partial charge in [-0.05, 0) is 24.3 Å². The summed E-state index contributed by atoms with van der Waals surface area (Å²) in [5, 5.41) is 0. The minimum atomic E-state index is 0.228. The number of nitrogens with two attached hydrogens (primary N) is 1. The van der Waals surface area contributed by atoms with Crippen molar-refractivity contribution in [3.05, 3.63) is 24.3 Å². The van der Waals surface area contributed by atoms with Gasteiger partial charge in [-0.3, -0.25) is 0 Å². The van der Waals surface area contributed by atoms with Crippen LogP contribution >= 0.6 is 0 Å². The minimum Gasteiger partial charge on any atom is -0.324 e. The highest BCUT2D eigenvalue weighted by atomic mass is 14.7. The fraction of sp³-hybridized carbons (Fsp3) is 0.556. The number of rotatable bonds is 1. The summed E-state index contributed by atoms with van der Waals surface area (Å²) in [6.45, 7) is 5.92. The monoisotopic (exact) mass is 137 g/mol. The van der Waals surface area contributed by atoms with Crippen molar-refractivity contribution in [3.63, 3.8) is 0 Å². The Balaban J connectivity index is 2.71. The van der Waals surface area contributed by atoms with Crippen LogP contribution in [0.15, 0.2) is 24.3 Å². The van der Waals surface area contributed by atoms with E-state index in [1.807, 2.05) is 6.08 Å². The first-order valence-electron chi connectivity index (χ1n) is 3.83. The van der Waals surface area contributed by atoms with Crippen LogP contribution in [-0.2, 0) is 0 Å². The molecule has 0 fully saturated rings. The third-order valence-electron chi connectivity index (χ3n) is 2.24. The van der Waals surface area contributed by atoms with Gasteiger partial charge in [0.2, 0.25) is 0 Å². The van der Waals surface area contributed by atoms with Gasteiger partial charge < -0.3 is 5.73 Å². The largest absolute Gasteiger partial charge is 0.324 e. The Bertz CT molecular complexity index is 158. The Hall–Kier alpha value is -0.560. The highest BCUT2D eigenvalue weighted by molar-refractivity contribution is 5.25. The highest BCUT2D eigenvalue weighted by Crippen LogP contribution is 2.22. The summed E-state index contributed by atoms with van der Waals surface area (Å²) in [5.74, 6) is 0.623. The Kier molecular flexibility index (Phi) is 2.28. The molecule has 0 aliphatic heterocycles. The van der Waals surface area contributed by atoms with E-state index in [1.165, 1.54) is 12.0 Å². The van der Waals surface area contributed by atoms with Gasteiger partial charge in [-0.2, -0.15) is 0 Å². The van der Waals surface area contributed by atoms with Crippen LogP contribution < -0.4 is 5.73 Å². The topological polar surface area (TPSA) is 26.0 Å². The van der Waals surface area contributed by atoms with Crippen molar-refractivity contribution in [3.8, 4) is 0 Å². The third-order valence-corrected chi connectivity index (χ3v) is 2.24. The molecule has 1 aliphatic rings. The molecule has 0 radical (unpaired) electrons. The Morgan fingerprint density at radius 2 is 2.50 bits per heavy atom. The molecule has 0 saturated carbocycles. The van der Waals surface area contributed by atoms with Crippen molar-refractivity contribution in [2.75, 3.05) is 0 Å². The van der Waals surface area contributed by atoms with Crippen molar-refractivity contribution >= 4 is 0 Å². The molecule has 0 amide bonds. The second kappa shape index (κ2) is 3.02. The lowest BCUT2D eigenvalue weighted by atomic mass is 9.86. The van der Waals surface area contributed by atoms with Gasteiger partial charge in [0.15, 0.2) is 0 Å². The van der Waals surface area contributed by atoms with Gasteiger partial charge in [0, 0.05) is 6.04 Å². The number of hydrogen-bond donors (Lipinski definition) is 1. The second-order valence-electron chi connectivity index (χ2n) is 2.99. The van der Waals surface area contributed by atoms with Crippen LogP contribution in [0.2, 0.25) is 0 Å². The van der Waals surface area contributed by atoms with Crippen LogP contribution in [0.4, 0.5) is 0 Å². The molecular formula is C9H15N. The third kappa shape index (κ3) is 1.29. The SMILES string of the molecule is C=CC1=CCCC(C)[C@@H]1N. The molecule has 2 N–H and O–H groups in total. The van der Waals surface area contributed by atoms with Crippen molar-refractivity contribution in [2.45, 2.75) is 25.8 Å². The maximum atomic E-state index is 5.89. The molecule has 1 rings (SSSR count). The summed E-state index contributed by atoms with van der Waals surface area (Å²) in [4.78, 5) is 0. The minimum absolute atomic E-state index is 0.228. The van der Waals surface area contributed by atoms with Crippen LogP contribution in [0.5, 0.6) is 0 Å². The molecule has 0 heterocycles. The zero-order valence-corrected chi connectivity index (χ0v) is 6.51. The first-order valence-corrected chi connectivity index (χ1v) is 3.83. The van der Waals surface area contributed by atoms with E-state index in [-0.39, 0.29) is 6.04 Å². The molecule has 0 saturated heterocycles. The van der Waals surface area contributed by atoms with Crippen LogP contribution in [0.1, 0.15) is 19.8 Å². The molecule has 0 spiro atoms. The molecule has 0 bridgehead atoms. The summed E-state index contributed by atoms with van der Waals surface area (Å²) < 4.78 is 0. The second-order valence-corrected chi connectivity index (χ2v) is 2.99. The summed E-state index contributed by atoms with van der Waals surface area (Å²) in [7, 11) is 0. The van der Waals surface area contributed by atoms with E-state index >= 15 is 0 Å². The van der Waals surface area contributed by atoms with E-state index in [4.69, 9.17) is 5.73 Å². The fourth-order valence-electron chi connectivity index (χ4n) is 1.38. The first-order chi connectivity index (χ1) is 4.75. The van der Waals surface area contributed by atoms with Gasteiger partial charge in [0.05, 0.1) is 0 Å². The normalized spacial score (nSPS) is 33.2. The van der Waals surface area contributed by atoms with Crippen LogP contribution in [-0.4, -0.2) is 6.04 Å². The predicted molar refractivity (Wildman–Crippen MR) is 44.7 cm³/mol. The van der Waals surface area contributed by atoms with Crippen molar-refractivity contribution < 1.29 is 0 Å². The maximum Gasteiger partial charge on any atom is 0.0317 e. The van der Waals surface area contributed by atoms with Gasteiger partial charge in [0.25, 0.3) is 0 Å². The molecular weight excluding hydrogens is 122 g/mol.